The van der Waals surface area contributed by atoms with Crippen molar-refractivity contribution in [3.63, 3.8) is 0 Å². The molecule has 0 unspecified atom stereocenters. The van der Waals surface area contributed by atoms with E-state index in [1.54, 1.807) is 0 Å². The SMILES string of the molecule is CCC(C)C.Cc1cc(-c2ccc3c(c2)c2ccccc2n3-c2ccccc2)cc(C)c1-n1ccnc1-c1ccccc1. The van der Waals surface area contributed by atoms with Crippen LogP contribution in [0.15, 0.2) is 128 Å². The van der Waals surface area contributed by atoms with Gasteiger partial charge < -0.3 is 4.57 Å². The van der Waals surface area contributed by atoms with Crippen molar-refractivity contribution < 1.29 is 0 Å². The molecule has 3 heteroatoms. The monoisotopic (exact) mass is 561 g/mol. The third-order valence-electron chi connectivity index (χ3n) is 8.24. The van der Waals surface area contributed by atoms with Crippen LogP contribution in [-0.4, -0.2) is 14.1 Å². The van der Waals surface area contributed by atoms with E-state index < -0.39 is 0 Å². The number of aromatic nitrogens is 3. The molecule has 3 nitrogen and oxygen atoms in total. The third kappa shape index (κ3) is 5.51. The molecule has 0 bridgehead atoms. The van der Waals surface area contributed by atoms with Gasteiger partial charge in [-0.15, -0.1) is 0 Å². The van der Waals surface area contributed by atoms with Crippen LogP contribution >= 0.6 is 0 Å². The summed E-state index contributed by atoms with van der Waals surface area (Å²) in [5, 5.41) is 2.53. The van der Waals surface area contributed by atoms with E-state index in [9.17, 15) is 0 Å². The summed E-state index contributed by atoms with van der Waals surface area (Å²) < 4.78 is 4.57. The standard InChI is InChI=1S/C35H27N3.C5H12/c1-24-21-28(22-25(2)34(24)37-20-19-36-35(37)26-11-5-3-6-12-26)27-17-18-33-31(23-27)30-15-9-10-16-32(30)38(33)29-13-7-4-8-14-29;1-4-5(2)3/h3-23H,1-2H3;5H,4H2,1-3H3. The fraction of sp³-hybridized carbons (Fsp3) is 0.175. The molecule has 43 heavy (non-hydrogen) atoms. The molecular weight excluding hydrogens is 522 g/mol. The van der Waals surface area contributed by atoms with Gasteiger partial charge in [-0.1, -0.05) is 100.0 Å². The topological polar surface area (TPSA) is 22.8 Å². The Morgan fingerprint density at radius 1 is 0.628 bits per heavy atom. The molecule has 0 aliphatic heterocycles. The van der Waals surface area contributed by atoms with E-state index >= 15 is 0 Å². The van der Waals surface area contributed by atoms with E-state index in [0.717, 1.165) is 17.3 Å². The predicted molar refractivity (Wildman–Crippen MR) is 183 cm³/mol. The molecule has 214 valence electrons. The number of aryl methyl sites for hydroxylation is 2. The number of benzene rings is 5. The number of fused-ring (bicyclic) bond motifs is 3. The zero-order valence-corrected chi connectivity index (χ0v) is 25.8. The van der Waals surface area contributed by atoms with Crippen LogP contribution in [0.5, 0.6) is 0 Å². The Hall–Kier alpha value is -4.89. The number of rotatable bonds is 5. The highest BCUT2D eigenvalue weighted by molar-refractivity contribution is 6.10. The summed E-state index contributed by atoms with van der Waals surface area (Å²) in [6, 6.07) is 41.1. The van der Waals surface area contributed by atoms with Gasteiger partial charge in [0.05, 0.1) is 16.7 Å². The number of para-hydroxylation sites is 2. The maximum atomic E-state index is 4.68. The Morgan fingerprint density at radius 2 is 1.23 bits per heavy atom. The average molecular weight is 562 g/mol. The minimum absolute atomic E-state index is 0.884. The molecule has 7 aromatic rings. The molecule has 0 radical (unpaired) electrons. The highest BCUT2D eigenvalue weighted by atomic mass is 15.1. The number of imidazole rings is 1. The molecule has 0 fully saturated rings. The van der Waals surface area contributed by atoms with E-state index in [0.29, 0.717) is 0 Å². The molecule has 0 N–H and O–H groups in total. The largest absolute Gasteiger partial charge is 0.309 e. The number of hydrogen-bond acceptors (Lipinski definition) is 1. The molecule has 7 rings (SSSR count). The van der Waals surface area contributed by atoms with Crippen molar-refractivity contribution in [1.82, 2.24) is 14.1 Å². The first-order valence-corrected chi connectivity index (χ1v) is 15.3. The Balaban J connectivity index is 0.000000611. The van der Waals surface area contributed by atoms with Gasteiger partial charge in [0.25, 0.3) is 0 Å². The van der Waals surface area contributed by atoms with Crippen molar-refractivity contribution in [2.45, 2.75) is 41.0 Å². The van der Waals surface area contributed by atoms with Crippen molar-refractivity contribution in [3.8, 4) is 33.9 Å². The van der Waals surface area contributed by atoms with E-state index in [-0.39, 0.29) is 0 Å². The summed E-state index contributed by atoms with van der Waals surface area (Å²) in [5.41, 5.74) is 10.8. The lowest BCUT2D eigenvalue weighted by Crippen LogP contribution is -2.02. The van der Waals surface area contributed by atoms with Crippen LogP contribution in [0.25, 0.3) is 55.7 Å². The molecule has 0 aliphatic carbocycles. The molecule has 0 saturated carbocycles. The summed E-state index contributed by atoms with van der Waals surface area (Å²) in [6.07, 6.45) is 5.24. The fourth-order valence-corrected chi connectivity index (χ4v) is 5.79. The maximum Gasteiger partial charge on any atom is 0.144 e. The highest BCUT2D eigenvalue weighted by Gasteiger charge is 2.16. The third-order valence-corrected chi connectivity index (χ3v) is 8.24. The molecule has 2 aromatic heterocycles. The Morgan fingerprint density at radius 3 is 1.91 bits per heavy atom. The molecule has 2 heterocycles. The van der Waals surface area contributed by atoms with Gasteiger partial charge in [0.1, 0.15) is 5.82 Å². The normalized spacial score (nSPS) is 11.2. The van der Waals surface area contributed by atoms with Gasteiger partial charge in [-0.05, 0) is 84.5 Å². The lowest BCUT2D eigenvalue weighted by atomic mass is 9.97. The second-order valence-electron chi connectivity index (χ2n) is 11.7. The average Bonchev–Trinajstić information content (AvgIpc) is 3.64. The van der Waals surface area contributed by atoms with Gasteiger partial charge in [0.2, 0.25) is 0 Å². The maximum absolute atomic E-state index is 4.68. The van der Waals surface area contributed by atoms with Crippen molar-refractivity contribution in [2.24, 2.45) is 5.92 Å². The Labute approximate surface area is 255 Å². The molecule has 0 spiro atoms. The van der Waals surface area contributed by atoms with Crippen molar-refractivity contribution in [2.75, 3.05) is 0 Å². The van der Waals surface area contributed by atoms with Crippen molar-refractivity contribution in [3.05, 3.63) is 139 Å². The smallest absolute Gasteiger partial charge is 0.144 e. The van der Waals surface area contributed by atoms with Crippen molar-refractivity contribution >= 4 is 21.8 Å². The van der Waals surface area contributed by atoms with E-state index in [1.807, 2.05) is 12.3 Å². The first-order chi connectivity index (χ1) is 21.0. The van der Waals surface area contributed by atoms with Gasteiger partial charge in [0, 0.05) is 34.4 Å². The summed E-state index contributed by atoms with van der Waals surface area (Å²) in [6.45, 7) is 11.0. The number of nitrogens with zero attached hydrogens (tertiary/aromatic N) is 3. The minimum atomic E-state index is 0.884. The van der Waals surface area contributed by atoms with Gasteiger partial charge in [0.15, 0.2) is 0 Å². The zero-order valence-electron chi connectivity index (χ0n) is 25.8. The molecule has 0 atom stereocenters. The van der Waals surface area contributed by atoms with Crippen LogP contribution in [0.2, 0.25) is 0 Å². The second-order valence-corrected chi connectivity index (χ2v) is 11.7. The molecule has 0 saturated heterocycles. The predicted octanol–water partition coefficient (Wildman–Crippen LogP) is 11.0. The van der Waals surface area contributed by atoms with Crippen molar-refractivity contribution in [1.29, 1.82) is 0 Å². The lowest BCUT2D eigenvalue weighted by molar-refractivity contribution is 0.626. The van der Waals surface area contributed by atoms with E-state index in [1.165, 1.54) is 61.9 Å². The minimum Gasteiger partial charge on any atom is -0.309 e. The number of hydrogen-bond donors (Lipinski definition) is 0. The Bertz CT molecular complexity index is 1970. The van der Waals surface area contributed by atoms with Gasteiger partial charge in [-0.2, -0.15) is 0 Å². The van der Waals surface area contributed by atoms with Crippen LogP contribution in [0.4, 0.5) is 0 Å². The summed E-state index contributed by atoms with van der Waals surface area (Å²) in [7, 11) is 0. The summed E-state index contributed by atoms with van der Waals surface area (Å²) in [5.74, 6) is 1.84. The molecular formula is C40H39N3. The van der Waals surface area contributed by atoms with Gasteiger partial charge in [-0.3, -0.25) is 4.57 Å². The van der Waals surface area contributed by atoms with Crippen LogP contribution in [0.3, 0.4) is 0 Å². The van der Waals surface area contributed by atoms with Crippen LogP contribution in [0, 0.1) is 19.8 Å². The van der Waals surface area contributed by atoms with Crippen LogP contribution < -0.4 is 0 Å². The first kappa shape index (κ1) is 28.2. The van der Waals surface area contributed by atoms with Crippen LogP contribution in [-0.2, 0) is 0 Å². The lowest BCUT2D eigenvalue weighted by Gasteiger charge is -2.16. The zero-order chi connectivity index (χ0) is 29.9. The summed E-state index contributed by atoms with van der Waals surface area (Å²) >= 11 is 0. The summed E-state index contributed by atoms with van der Waals surface area (Å²) in [4.78, 5) is 4.68. The highest BCUT2D eigenvalue weighted by Crippen LogP contribution is 2.36. The molecule has 0 aliphatic rings. The fourth-order valence-electron chi connectivity index (χ4n) is 5.79. The van der Waals surface area contributed by atoms with E-state index in [2.05, 4.69) is 164 Å². The van der Waals surface area contributed by atoms with Gasteiger partial charge >= 0.3 is 0 Å². The van der Waals surface area contributed by atoms with Crippen LogP contribution in [0.1, 0.15) is 38.3 Å². The quantitative estimate of drug-likeness (QED) is 0.205. The van der Waals surface area contributed by atoms with E-state index in [4.69, 9.17) is 0 Å². The molecule has 5 aromatic carbocycles. The second kappa shape index (κ2) is 12.1. The molecule has 0 amide bonds. The Kier molecular flexibility index (Phi) is 7.98. The first-order valence-electron chi connectivity index (χ1n) is 15.3. The van der Waals surface area contributed by atoms with Gasteiger partial charge in [-0.25, -0.2) is 4.98 Å².